The number of rotatable bonds is 3. The number of anilines is 1. The van der Waals surface area contributed by atoms with E-state index in [1.54, 1.807) is 35.9 Å². The molecule has 2 aromatic heterocycles. The van der Waals surface area contributed by atoms with Crippen LogP contribution in [0.5, 0.6) is 0 Å². The van der Waals surface area contributed by atoms with Gasteiger partial charge in [-0.1, -0.05) is 12.1 Å². The largest absolute Gasteiger partial charge is 0.490 e. The second kappa shape index (κ2) is 10.2. The molecule has 0 spiro atoms. The molecule has 3 aromatic rings. The number of aromatic nitrogens is 4. The summed E-state index contributed by atoms with van der Waals surface area (Å²) in [4.78, 5) is 53.5. The highest BCUT2D eigenvalue weighted by atomic mass is 19.4. The van der Waals surface area contributed by atoms with Gasteiger partial charge in [-0.2, -0.15) is 18.2 Å². The summed E-state index contributed by atoms with van der Waals surface area (Å²) < 4.78 is 40.7. The van der Waals surface area contributed by atoms with Crippen molar-refractivity contribution in [1.29, 1.82) is 0 Å². The summed E-state index contributed by atoms with van der Waals surface area (Å²) in [6, 6.07) is 6.89. The third kappa shape index (κ3) is 4.95. The number of carbonyl (C=O) groups excluding carboxylic acids is 1. The molecule has 0 radical (unpaired) electrons. The number of imidazole rings is 1. The first kappa shape index (κ1) is 26.5. The smallest absolute Gasteiger partial charge is 0.475 e. The van der Waals surface area contributed by atoms with Crippen molar-refractivity contribution < 1.29 is 32.6 Å². The molecular formula is C21H23F3N6O6. The Hall–Kier alpha value is -4.14. The van der Waals surface area contributed by atoms with E-state index in [-0.39, 0.29) is 11.2 Å². The molecule has 0 saturated carbocycles. The van der Waals surface area contributed by atoms with E-state index in [4.69, 9.17) is 14.6 Å². The molecule has 36 heavy (non-hydrogen) atoms. The fourth-order valence-corrected chi connectivity index (χ4v) is 3.64. The molecule has 1 aromatic carbocycles. The minimum Gasteiger partial charge on any atom is -0.475 e. The fourth-order valence-electron chi connectivity index (χ4n) is 3.64. The molecular weight excluding hydrogens is 489 g/mol. The molecule has 15 heteroatoms. The first-order valence-electron chi connectivity index (χ1n) is 10.5. The number of carboxylic acid groups (broad SMARTS) is 1. The highest BCUT2D eigenvalue weighted by Crippen LogP contribution is 2.27. The summed E-state index contributed by atoms with van der Waals surface area (Å²) in [5.74, 6) is -2.76. The van der Waals surface area contributed by atoms with Gasteiger partial charge in [-0.05, 0) is 12.1 Å². The number of aryl methyl sites for hydroxylation is 1. The zero-order valence-corrected chi connectivity index (χ0v) is 19.5. The van der Waals surface area contributed by atoms with Crippen molar-refractivity contribution in [2.45, 2.75) is 6.18 Å². The van der Waals surface area contributed by atoms with Crippen molar-refractivity contribution in [2.24, 2.45) is 14.1 Å². The van der Waals surface area contributed by atoms with Crippen molar-refractivity contribution in [1.82, 2.24) is 24.0 Å². The van der Waals surface area contributed by atoms with E-state index in [1.807, 2.05) is 4.90 Å². The number of carboxylic acids is 1. The van der Waals surface area contributed by atoms with E-state index >= 15 is 0 Å². The minimum atomic E-state index is -5.08. The van der Waals surface area contributed by atoms with Gasteiger partial charge in [0, 0.05) is 40.3 Å². The summed E-state index contributed by atoms with van der Waals surface area (Å²) >= 11 is 0. The van der Waals surface area contributed by atoms with Crippen LogP contribution in [0, 0.1) is 0 Å². The number of methoxy groups -OCH3 is 1. The van der Waals surface area contributed by atoms with Gasteiger partial charge in [0.25, 0.3) is 5.56 Å². The second-order valence-corrected chi connectivity index (χ2v) is 7.67. The monoisotopic (exact) mass is 512 g/mol. The molecule has 1 saturated heterocycles. The number of halogens is 3. The van der Waals surface area contributed by atoms with Crippen molar-refractivity contribution in [2.75, 3.05) is 38.2 Å². The van der Waals surface area contributed by atoms with Crippen molar-refractivity contribution in [3.05, 3.63) is 50.7 Å². The van der Waals surface area contributed by atoms with Crippen molar-refractivity contribution in [3.8, 4) is 5.69 Å². The van der Waals surface area contributed by atoms with Gasteiger partial charge in [0.2, 0.25) is 5.95 Å². The van der Waals surface area contributed by atoms with Gasteiger partial charge in [-0.15, -0.1) is 0 Å². The van der Waals surface area contributed by atoms with Gasteiger partial charge in [0.1, 0.15) is 0 Å². The maximum atomic E-state index is 13.1. The molecule has 0 aliphatic carbocycles. The van der Waals surface area contributed by atoms with E-state index in [1.165, 1.54) is 18.7 Å². The van der Waals surface area contributed by atoms with E-state index in [0.29, 0.717) is 30.3 Å². The van der Waals surface area contributed by atoms with Crippen LogP contribution >= 0.6 is 0 Å². The number of carbonyl (C=O) groups is 2. The molecule has 2 N–H and O–H groups in total. The summed E-state index contributed by atoms with van der Waals surface area (Å²) in [7, 11) is 4.32. The predicted molar refractivity (Wildman–Crippen MR) is 122 cm³/mol. The van der Waals surface area contributed by atoms with Crippen LogP contribution in [0.4, 0.5) is 19.1 Å². The Labute approximate surface area is 201 Å². The Bertz CT molecular complexity index is 1420. The maximum Gasteiger partial charge on any atom is 0.490 e. The first-order valence-corrected chi connectivity index (χ1v) is 10.5. The Kier molecular flexibility index (Phi) is 7.52. The molecule has 0 amide bonds. The number of benzene rings is 1. The SMILES string of the molecule is COC(=O)c1ccccc1-n1c(N2CCNCC2)nc2c1c(=O)n(C)c(=O)n2C.O=C(O)C(F)(F)F. The van der Waals surface area contributed by atoms with Crippen LogP contribution in [-0.4, -0.2) is 75.2 Å². The Balaban J connectivity index is 0.000000454. The van der Waals surface area contributed by atoms with Crippen molar-refractivity contribution in [3.63, 3.8) is 0 Å². The standard InChI is InChI=1S/C19H22N6O4.C2HF3O2/c1-22-15-14(16(26)23(2)19(22)28)25(18(21-15)24-10-8-20-9-11-24)13-7-5-4-6-12(13)17(27)29-3;3-2(4,5)1(6)7/h4-7,20H,8-11H2,1-3H3;(H,6,7). The van der Waals surface area contributed by atoms with Crippen LogP contribution in [0.1, 0.15) is 10.4 Å². The van der Waals surface area contributed by atoms with E-state index in [9.17, 15) is 27.6 Å². The highest BCUT2D eigenvalue weighted by Gasteiger charge is 2.38. The van der Waals surface area contributed by atoms with Gasteiger partial charge in [0.15, 0.2) is 11.2 Å². The molecule has 0 unspecified atom stereocenters. The molecule has 0 atom stereocenters. The fraction of sp³-hybridized carbons (Fsp3) is 0.381. The quantitative estimate of drug-likeness (QED) is 0.473. The summed E-state index contributed by atoms with van der Waals surface area (Å²) in [6.07, 6.45) is -5.08. The number of fused-ring (bicyclic) bond motifs is 1. The lowest BCUT2D eigenvalue weighted by atomic mass is 10.1. The van der Waals surface area contributed by atoms with E-state index in [0.717, 1.165) is 17.7 Å². The third-order valence-corrected chi connectivity index (χ3v) is 5.43. The molecule has 3 heterocycles. The number of para-hydroxylation sites is 1. The summed E-state index contributed by atoms with van der Waals surface area (Å²) in [5.41, 5.74) is 0.357. The lowest BCUT2D eigenvalue weighted by Crippen LogP contribution is -2.44. The number of piperazine rings is 1. The average Bonchev–Trinajstić information content (AvgIpc) is 3.27. The van der Waals surface area contributed by atoms with Crippen molar-refractivity contribution >= 4 is 29.1 Å². The molecule has 1 aliphatic heterocycles. The first-order chi connectivity index (χ1) is 16.9. The molecule has 194 valence electrons. The van der Waals surface area contributed by atoms with Crippen LogP contribution in [0.3, 0.4) is 0 Å². The van der Waals surface area contributed by atoms with Crippen LogP contribution in [0.2, 0.25) is 0 Å². The summed E-state index contributed by atoms with van der Waals surface area (Å²) in [6.45, 7) is 2.88. The molecule has 1 aliphatic rings. The summed E-state index contributed by atoms with van der Waals surface area (Å²) in [5, 5.41) is 10.4. The zero-order chi connectivity index (χ0) is 26.8. The maximum absolute atomic E-state index is 13.1. The average molecular weight is 512 g/mol. The normalized spacial score (nSPS) is 13.8. The van der Waals surface area contributed by atoms with Gasteiger partial charge in [-0.25, -0.2) is 14.4 Å². The Morgan fingerprint density at radius 1 is 1.08 bits per heavy atom. The molecule has 0 bridgehead atoms. The lowest BCUT2D eigenvalue weighted by molar-refractivity contribution is -0.192. The Morgan fingerprint density at radius 2 is 1.67 bits per heavy atom. The van der Waals surface area contributed by atoms with E-state index in [2.05, 4.69) is 10.3 Å². The number of alkyl halides is 3. The number of hydrogen-bond acceptors (Lipinski definition) is 8. The van der Waals surface area contributed by atoms with Crippen LogP contribution in [0.15, 0.2) is 33.9 Å². The lowest BCUT2D eigenvalue weighted by Gasteiger charge is -2.29. The predicted octanol–water partition coefficient (Wildman–Crippen LogP) is 0.252. The number of ether oxygens (including phenoxy) is 1. The van der Waals surface area contributed by atoms with Gasteiger partial charge in [0.05, 0.1) is 18.4 Å². The van der Waals surface area contributed by atoms with Crippen LogP contribution in [0.25, 0.3) is 16.9 Å². The molecule has 12 nitrogen and oxygen atoms in total. The number of esters is 1. The number of hydrogen-bond donors (Lipinski definition) is 2. The Morgan fingerprint density at radius 3 is 2.22 bits per heavy atom. The molecule has 4 rings (SSSR count). The van der Waals surface area contributed by atoms with E-state index < -0.39 is 29.4 Å². The van der Waals surface area contributed by atoms with Gasteiger partial charge >= 0.3 is 23.8 Å². The topological polar surface area (TPSA) is 141 Å². The number of aliphatic carboxylic acids is 1. The molecule has 1 fully saturated rings. The highest BCUT2D eigenvalue weighted by molar-refractivity contribution is 5.95. The zero-order valence-electron chi connectivity index (χ0n) is 19.5. The minimum absolute atomic E-state index is 0.236. The number of nitrogens with one attached hydrogen (secondary N) is 1. The second-order valence-electron chi connectivity index (χ2n) is 7.67. The van der Waals surface area contributed by atoms with Crippen LogP contribution < -0.4 is 21.5 Å². The number of nitrogens with zero attached hydrogens (tertiary/aromatic N) is 5. The van der Waals surface area contributed by atoms with Gasteiger partial charge in [-0.3, -0.25) is 18.5 Å². The van der Waals surface area contributed by atoms with Gasteiger partial charge < -0.3 is 20.1 Å². The third-order valence-electron chi connectivity index (χ3n) is 5.43. The van der Waals surface area contributed by atoms with Crippen LogP contribution in [-0.2, 0) is 23.6 Å².